The summed E-state index contributed by atoms with van der Waals surface area (Å²) in [6.07, 6.45) is -4.10. The highest BCUT2D eigenvalue weighted by Crippen LogP contribution is 2.42. The van der Waals surface area contributed by atoms with E-state index in [0.29, 0.717) is 15.7 Å². The Kier molecular flexibility index (Phi) is 11.0. The number of hydrogen-bond acceptors (Lipinski definition) is 15. The molecule has 4 rings (SSSR count). The van der Waals surface area contributed by atoms with Crippen molar-refractivity contribution < 1.29 is 43.3 Å². The van der Waals surface area contributed by atoms with E-state index in [1.54, 1.807) is 19.1 Å². The molecule has 236 valence electrons. The number of nitrogens with one attached hydrogen (secondary N) is 1. The Hall–Kier alpha value is -3.51. The first kappa shape index (κ1) is 33.4. The molecule has 3 heterocycles. The van der Waals surface area contributed by atoms with Crippen LogP contribution >= 0.6 is 34.9 Å². The number of ketones is 1. The van der Waals surface area contributed by atoms with Crippen LogP contribution in [0, 0.1) is 6.92 Å². The summed E-state index contributed by atoms with van der Waals surface area (Å²) in [7, 11) is 0. The second-order valence-electron chi connectivity index (χ2n) is 9.64. The Morgan fingerprint density at radius 2 is 1.93 bits per heavy atom. The zero-order chi connectivity index (χ0) is 32.1. The molecule has 0 bridgehead atoms. The van der Waals surface area contributed by atoms with Crippen molar-refractivity contribution >= 4 is 64.6 Å². The van der Waals surface area contributed by atoms with Crippen LogP contribution in [0.25, 0.3) is 0 Å². The second kappa shape index (κ2) is 14.5. The summed E-state index contributed by atoms with van der Waals surface area (Å²) < 4.78 is 15.7. The first-order chi connectivity index (χ1) is 20.9. The van der Waals surface area contributed by atoms with Gasteiger partial charge in [0.25, 0.3) is 11.8 Å². The molecule has 44 heavy (non-hydrogen) atoms. The van der Waals surface area contributed by atoms with E-state index in [4.69, 9.17) is 19.9 Å². The lowest BCUT2D eigenvalue weighted by Crippen LogP contribution is -2.71. The third kappa shape index (κ3) is 7.40. The number of esters is 1. The molecule has 2 aromatic rings. The van der Waals surface area contributed by atoms with Gasteiger partial charge < -0.3 is 30.4 Å². The van der Waals surface area contributed by atoms with Gasteiger partial charge in [0.05, 0.1) is 12.6 Å². The number of nitrogens with zero attached hydrogens (tertiary/aromatic N) is 3. The van der Waals surface area contributed by atoms with Crippen LogP contribution in [-0.4, -0.2) is 91.8 Å². The number of aliphatic hydroxyl groups is 1. The Morgan fingerprint density at radius 3 is 2.59 bits per heavy atom. The SMILES string of the molecule is CCOC(=O)OC(C)OC(=O)C1=C(CSc2nnc(C)s2)CS[C@H]2C(NC(=O)C(O)c3ccccc3C(=O)[C@H](C)N)C(=O)N12. The van der Waals surface area contributed by atoms with Crippen LogP contribution in [0.4, 0.5) is 4.79 Å². The van der Waals surface area contributed by atoms with Gasteiger partial charge >= 0.3 is 12.1 Å². The van der Waals surface area contributed by atoms with Gasteiger partial charge in [0, 0.05) is 29.6 Å². The van der Waals surface area contributed by atoms with Crippen molar-refractivity contribution in [1.82, 2.24) is 20.4 Å². The Balaban J connectivity index is 1.52. The number of aryl methyl sites for hydroxylation is 1. The zero-order valence-corrected chi connectivity index (χ0v) is 26.6. The molecule has 1 aromatic carbocycles. The lowest BCUT2D eigenvalue weighted by molar-refractivity contribution is -0.169. The normalized spacial score (nSPS) is 19.7. The number of benzene rings is 1. The number of nitrogens with two attached hydrogens (primary N) is 1. The minimum absolute atomic E-state index is 0.0364. The average Bonchev–Trinajstić information content (AvgIpc) is 3.41. The maximum atomic E-state index is 13.4. The van der Waals surface area contributed by atoms with E-state index in [1.807, 2.05) is 6.92 Å². The lowest BCUT2D eigenvalue weighted by Gasteiger charge is -2.50. The molecular formula is C27H31N5O9S3. The molecule has 3 unspecified atom stereocenters. The predicted molar refractivity (Wildman–Crippen MR) is 160 cm³/mol. The van der Waals surface area contributed by atoms with E-state index in [0.717, 1.165) is 5.01 Å². The number of rotatable bonds is 12. The summed E-state index contributed by atoms with van der Waals surface area (Å²) in [5.41, 5.74) is 6.40. The second-order valence-corrected chi connectivity index (χ2v) is 13.1. The number of carbonyl (C=O) groups excluding carboxylic acids is 5. The largest absolute Gasteiger partial charge is 0.511 e. The molecule has 2 aliphatic heterocycles. The number of fused-ring (bicyclic) bond motifs is 1. The molecular weight excluding hydrogens is 635 g/mol. The molecule has 1 aromatic heterocycles. The maximum Gasteiger partial charge on any atom is 0.511 e. The van der Waals surface area contributed by atoms with Crippen molar-refractivity contribution in [3.05, 3.63) is 51.7 Å². The van der Waals surface area contributed by atoms with E-state index in [9.17, 15) is 29.1 Å². The summed E-state index contributed by atoms with van der Waals surface area (Å²) >= 11 is 4.03. The quantitative estimate of drug-likeness (QED) is 0.0976. The smallest absolute Gasteiger partial charge is 0.435 e. The summed E-state index contributed by atoms with van der Waals surface area (Å²) in [5.74, 6) is -2.27. The van der Waals surface area contributed by atoms with Gasteiger partial charge in [-0.05, 0) is 26.3 Å². The van der Waals surface area contributed by atoms with Gasteiger partial charge in [0.1, 0.15) is 22.1 Å². The predicted octanol–water partition coefficient (Wildman–Crippen LogP) is 1.92. The topological polar surface area (TPSA) is 200 Å². The number of aliphatic hydroxyl groups excluding tert-OH is 1. The highest BCUT2D eigenvalue weighted by Gasteiger charge is 2.55. The zero-order valence-electron chi connectivity index (χ0n) is 24.2. The minimum atomic E-state index is -1.76. The molecule has 14 nitrogen and oxygen atoms in total. The maximum absolute atomic E-state index is 13.4. The highest BCUT2D eigenvalue weighted by molar-refractivity contribution is 8.01. The number of aromatic nitrogens is 2. The van der Waals surface area contributed by atoms with Crippen molar-refractivity contribution in [3.8, 4) is 0 Å². The fourth-order valence-electron chi connectivity index (χ4n) is 4.36. The molecule has 1 saturated heterocycles. The molecule has 0 radical (unpaired) electrons. The molecule has 5 atom stereocenters. The van der Waals surface area contributed by atoms with Crippen LogP contribution in [-0.2, 0) is 28.6 Å². The van der Waals surface area contributed by atoms with E-state index in [-0.39, 0.29) is 29.2 Å². The third-order valence-corrected chi connectivity index (χ3v) is 9.79. The molecule has 0 aliphatic carbocycles. The van der Waals surface area contributed by atoms with Crippen molar-refractivity contribution in [2.45, 2.75) is 61.9 Å². The van der Waals surface area contributed by atoms with Gasteiger partial charge in [-0.25, -0.2) is 9.59 Å². The fraction of sp³-hybridized carbons (Fsp3) is 0.444. The monoisotopic (exact) mass is 665 g/mol. The van der Waals surface area contributed by atoms with E-state index in [2.05, 4.69) is 15.5 Å². The van der Waals surface area contributed by atoms with E-state index >= 15 is 0 Å². The van der Waals surface area contributed by atoms with Crippen LogP contribution in [0.2, 0.25) is 0 Å². The van der Waals surface area contributed by atoms with Gasteiger partial charge in [-0.2, -0.15) is 0 Å². The first-order valence-corrected chi connectivity index (χ1v) is 16.3. The number of carbonyl (C=O) groups is 5. The summed E-state index contributed by atoms with van der Waals surface area (Å²) in [6, 6.07) is 4.12. The molecule has 17 heteroatoms. The Bertz CT molecular complexity index is 1480. The Labute approximate surface area is 265 Å². The molecule has 0 spiro atoms. The van der Waals surface area contributed by atoms with Gasteiger partial charge in [0.15, 0.2) is 16.2 Å². The number of β-lactam (4-membered cyclic amide) rings is 1. The average molecular weight is 666 g/mol. The molecule has 0 saturated carbocycles. The number of Topliss-reactive ketones (excluding diaryl/α,β-unsaturated/α-hetero) is 1. The van der Waals surface area contributed by atoms with Crippen LogP contribution in [0.3, 0.4) is 0 Å². The van der Waals surface area contributed by atoms with Crippen molar-refractivity contribution in [1.29, 1.82) is 0 Å². The number of amides is 2. The van der Waals surface area contributed by atoms with Gasteiger partial charge in [-0.1, -0.05) is 47.4 Å². The summed E-state index contributed by atoms with van der Waals surface area (Å²) in [6.45, 7) is 6.30. The van der Waals surface area contributed by atoms with Gasteiger partial charge in [-0.15, -0.1) is 22.0 Å². The van der Waals surface area contributed by atoms with Crippen LogP contribution in [0.5, 0.6) is 0 Å². The van der Waals surface area contributed by atoms with Crippen molar-refractivity contribution in [2.24, 2.45) is 5.73 Å². The van der Waals surface area contributed by atoms with E-state index < -0.39 is 59.6 Å². The van der Waals surface area contributed by atoms with Crippen LogP contribution < -0.4 is 11.1 Å². The number of hydrogen-bond donors (Lipinski definition) is 3. The highest BCUT2D eigenvalue weighted by atomic mass is 32.2. The molecule has 1 fully saturated rings. The van der Waals surface area contributed by atoms with Crippen LogP contribution in [0.1, 0.15) is 47.8 Å². The first-order valence-electron chi connectivity index (χ1n) is 13.4. The van der Waals surface area contributed by atoms with Crippen molar-refractivity contribution in [2.75, 3.05) is 18.1 Å². The standard InChI is InChI=1S/C27H31N5O9S3/c1-5-39-27(38)41-14(4)40-25(37)19-15(11-43-26-31-30-13(3)44-26)10-42-24-18(23(36)32(19)24)29-22(35)21(34)17-9-7-6-8-16(17)20(33)12(2)28/h6-9,12,14,18,21,24,34H,5,10-11,28H2,1-4H3,(H,29,35)/t12-,14?,18?,21?,24-/m0/s1. The minimum Gasteiger partial charge on any atom is -0.435 e. The summed E-state index contributed by atoms with van der Waals surface area (Å²) in [5, 5.41) is 21.5. The van der Waals surface area contributed by atoms with E-state index in [1.165, 1.54) is 65.7 Å². The van der Waals surface area contributed by atoms with Crippen LogP contribution in [0.15, 0.2) is 39.9 Å². The Morgan fingerprint density at radius 1 is 1.20 bits per heavy atom. The fourth-order valence-corrected chi connectivity index (χ4v) is 7.67. The van der Waals surface area contributed by atoms with Gasteiger partial charge in [0.2, 0.25) is 6.29 Å². The van der Waals surface area contributed by atoms with Gasteiger partial charge in [-0.3, -0.25) is 19.3 Å². The molecule has 4 N–H and O–H groups in total. The van der Waals surface area contributed by atoms with Crippen molar-refractivity contribution in [3.63, 3.8) is 0 Å². The molecule has 2 amide bonds. The lowest BCUT2D eigenvalue weighted by atomic mass is 9.95. The third-order valence-electron chi connectivity index (χ3n) is 6.40. The number of ether oxygens (including phenoxy) is 3. The molecule has 2 aliphatic rings. The summed E-state index contributed by atoms with van der Waals surface area (Å²) in [4.78, 5) is 65.3. The number of thioether (sulfide) groups is 2.